The summed E-state index contributed by atoms with van der Waals surface area (Å²) in [6.45, 7) is 17.0. The van der Waals surface area contributed by atoms with Crippen LogP contribution in [0.3, 0.4) is 0 Å². The summed E-state index contributed by atoms with van der Waals surface area (Å²) in [6.07, 6.45) is -1.06. The van der Waals surface area contributed by atoms with Crippen LogP contribution in [0.25, 0.3) is 10.4 Å². The Hall–Kier alpha value is -5.97. The van der Waals surface area contributed by atoms with Gasteiger partial charge in [-0.15, -0.1) is 11.3 Å². The highest BCUT2D eigenvalue weighted by molar-refractivity contribution is 7.13. The number of nitriles is 1. The maximum Gasteiger partial charge on any atom is 0.251 e. The summed E-state index contributed by atoms with van der Waals surface area (Å²) in [5, 5.41) is 29.1. The number of aliphatic hydroxyl groups excluding tert-OH is 1. The second kappa shape index (κ2) is 20.9. The van der Waals surface area contributed by atoms with Crippen molar-refractivity contribution in [1.82, 2.24) is 25.8 Å². The van der Waals surface area contributed by atoms with Gasteiger partial charge >= 0.3 is 0 Å². The monoisotopic (exact) mass is 950 g/mol. The average molecular weight is 952 g/mol. The van der Waals surface area contributed by atoms with E-state index in [1.54, 1.807) is 53.8 Å². The van der Waals surface area contributed by atoms with Crippen molar-refractivity contribution in [2.75, 3.05) is 26.4 Å². The molecule has 1 aliphatic carbocycles. The number of nitrogens with zero attached hydrogens (tertiary/aromatic N) is 3. The summed E-state index contributed by atoms with van der Waals surface area (Å²) >= 11 is 7.79. The molecule has 4 amide bonds. The molecule has 6 rings (SSSR count). The molecular formula is C51H59ClN6O8S. The van der Waals surface area contributed by atoms with E-state index in [9.17, 15) is 29.5 Å². The molecule has 0 unspecified atom stereocenters. The predicted octanol–water partition coefficient (Wildman–Crippen LogP) is 7.02. The third-order valence-electron chi connectivity index (χ3n) is 12.4. The Kier molecular flexibility index (Phi) is 15.7. The van der Waals surface area contributed by atoms with E-state index in [0.29, 0.717) is 27.6 Å². The quantitative estimate of drug-likeness (QED) is 0.0711. The first kappa shape index (κ1) is 50.4. The fourth-order valence-corrected chi connectivity index (χ4v) is 10.2. The molecule has 2 heterocycles. The molecular weight excluding hydrogens is 892 g/mol. The Morgan fingerprint density at radius 1 is 0.970 bits per heavy atom. The minimum atomic E-state index is -1.01. The molecule has 14 nitrogen and oxygen atoms in total. The van der Waals surface area contributed by atoms with Gasteiger partial charge in [-0.1, -0.05) is 96.2 Å². The fourth-order valence-electron chi connectivity index (χ4n) is 9.15. The van der Waals surface area contributed by atoms with E-state index < -0.39 is 52.2 Å². The van der Waals surface area contributed by atoms with Gasteiger partial charge in [0.15, 0.2) is 0 Å². The molecule has 3 aromatic carbocycles. The number of β-amino-alcohol motifs (C(OH)–C–C–N with tert-alkyl or cyclic N) is 1. The summed E-state index contributed by atoms with van der Waals surface area (Å²) in [6, 6.07) is 19.1. The van der Waals surface area contributed by atoms with Crippen LogP contribution in [0.5, 0.6) is 11.5 Å². The number of carbonyl (C=O) groups excluding carboxylic acids is 4. The Balaban J connectivity index is 0.931. The van der Waals surface area contributed by atoms with E-state index in [0.717, 1.165) is 21.7 Å². The summed E-state index contributed by atoms with van der Waals surface area (Å²) in [4.78, 5) is 60.8. The smallest absolute Gasteiger partial charge is 0.251 e. The Morgan fingerprint density at radius 2 is 1.63 bits per heavy atom. The Bertz CT molecular complexity index is 2540. The largest absolute Gasteiger partial charge is 0.489 e. The van der Waals surface area contributed by atoms with E-state index in [1.807, 2.05) is 98.2 Å². The van der Waals surface area contributed by atoms with Crippen LogP contribution in [0.2, 0.25) is 5.02 Å². The number of ether oxygens (including phenoxy) is 3. The normalized spacial score (nSPS) is 20.2. The molecule has 1 saturated heterocycles. The number of thiazole rings is 1. The van der Waals surface area contributed by atoms with Crippen LogP contribution in [-0.4, -0.2) is 95.3 Å². The second-order valence-corrected chi connectivity index (χ2v) is 20.6. The van der Waals surface area contributed by atoms with Crippen LogP contribution in [0.4, 0.5) is 0 Å². The molecule has 0 spiro atoms. The van der Waals surface area contributed by atoms with Crippen LogP contribution in [0, 0.1) is 46.3 Å². The molecule has 16 heteroatoms. The van der Waals surface area contributed by atoms with E-state index in [2.05, 4.69) is 32.8 Å². The van der Waals surface area contributed by atoms with Crippen molar-refractivity contribution >= 4 is 46.6 Å². The highest BCUT2D eigenvalue weighted by Crippen LogP contribution is 2.55. The van der Waals surface area contributed by atoms with Crippen LogP contribution < -0.4 is 25.4 Å². The number of likely N-dealkylation sites (tertiary alicyclic amines) is 1. The van der Waals surface area contributed by atoms with Crippen LogP contribution in [0.1, 0.15) is 95.0 Å². The Morgan fingerprint density at radius 3 is 2.24 bits per heavy atom. The van der Waals surface area contributed by atoms with Crippen molar-refractivity contribution in [2.24, 2.45) is 16.2 Å². The maximum absolute atomic E-state index is 14.0. The summed E-state index contributed by atoms with van der Waals surface area (Å²) in [7, 11) is 0. The van der Waals surface area contributed by atoms with E-state index in [-0.39, 0.29) is 56.9 Å². The van der Waals surface area contributed by atoms with Gasteiger partial charge in [0.2, 0.25) is 17.7 Å². The molecule has 4 N–H and O–H groups in total. The number of aryl methyl sites for hydroxylation is 1. The van der Waals surface area contributed by atoms with Crippen molar-refractivity contribution in [1.29, 1.82) is 5.26 Å². The molecule has 2 aliphatic rings. The first-order valence-electron chi connectivity index (χ1n) is 22.1. The lowest BCUT2D eigenvalue weighted by atomic mass is 9.49. The van der Waals surface area contributed by atoms with E-state index >= 15 is 0 Å². The highest BCUT2D eigenvalue weighted by atomic mass is 35.5. The lowest BCUT2D eigenvalue weighted by molar-refractivity contribution is -0.164. The van der Waals surface area contributed by atoms with Crippen molar-refractivity contribution < 1.29 is 38.5 Å². The lowest BCUT2D eigenvalue weighted by Gasteiger charge is -2.63. The number of nitrogens with one attached hydrogen (secondary N) is 3. The van der Waals surface area contributed by atoms with Gasteiger partial charge in [0, 0.05) is 41.5 Å². The topological polar surface area (TPSA) is 192 Å². The average Bonchev–Trinajstić information content (AvgIpc) is 3.90. The molecule has 1 saturated carbocycles. The van der Waals surface area contributed by atoms with Gasteiger partial charge in [0.1, 0.15) is 55.6 Å². The van der Waals surface area contributed by atoms with Gasteiger partial charge in [-0.3, -0.25) is 19.2 Å². The summed E-state index contributed by atoms with van der Waals surface area (Å²) in [5.74, 6) is 5.09. The summed E-state index contributed by atoms with van der Waals surface area (Å²) < 4.78 is 17.6. The number of hydrogen-bond donors (Lipinski definition) is 4. The van der Waals surface area contributed by atoms with E-state index in [1.165, 1.54) is 4.90 Å². The fraction of sp³-hybridized carbons (Fsp3) is 0.451. The first-order valence-corrected chi connectivity index (χ1v) is 23.4. The zero-order valence-electron chi connectivity index (χ0n) is 39.4. The number of halogens is 1. The molecule has 0 bridgehead atoms. The van der Waals surface area contributed by atoms with Crippen LogP contribution in [-0.2, 0) is 19.1 Å². The molecule has 1 aliphatic heterocycles. The van der Waals surface area contributed by atoms with E-state index in [4.69, 9.17) is 25.8 Å². The molecule has 4 aromatic rings. The van der Waals surface area contributed by atoms with Gasteiger partial charge in [-0.2, -0.15) is 5.26 Å². The lowest BCUT2D eigenvalue weighted by Crippen LogP contribution is -2.74. The van der Waals surface area contributed by atoms with Crippen LogP contribution >= 0.6 is 22.9 Å². The molecule has 1 aromatic heterocycles. The van der Waals surface area contributed by atoms with Crippen molar-refractivity contribution in [3.8, 4) is 39.8 Å². The van der Waals surface area contributed by atoms with Gasteiger partial charge in [0.05, 0.1) is 38.8 Å². The molecule has 4 atom stereocenters. The zero-order chi connectivity index (χ0) is 48.8. The van der Waals surface area contributed by atoms with Gasteiger partial charge in [-0.25, -0.2) is 4.98 Å². The zero-order valence-corrected chi connectivity index (χ0v) is 40.9. The molecule has 67 heavy (non-hydrogen) atoms. The minimum absolute atomic E-state index is 0.0344. The van der Waals surface area contributed by atoms with Crippen molar-refractivity contribution in [3.05, 3.63) is 99.6 Å². The number of amides is 4. The first-order chi connectivity index (χ1) is 31.6. The highest BCUT2D eigenvalue weighted by Gasteiger charge is 2.64. The number of aliphatic hydroxyl groups is 1. The molecule has 0 radical (unpaired) electrons. The number of benzene rings is 3. The summed E-state index contributed by atoms with van der Waals surface area (Å²) in [5.41, 5.74) is 3.96. The third-order valence-corrected chi connectivity index (χ3v) is 13.7. The van der Waals surface area contributed by atoms with Gasteiger partial charge in [-0.05, 0) is 66.8 Å². The predicted molar refractivity (Wildman–Crippen MR) is 256 cm³/mol. The number of rotatable bonds is 15. The van der Waals surface area contributed by atoms with Gasteiger partial charge < -0.3 is 40.2 Å². The second-order valence-electron chi connectivity index (χ2n) is 19.3. The standard InChI is InChI=1S/C51H59ClN6O8S/c1-30(32-12-14-33(15-13-32)42-31(2)54-29-67-42)55-45(62)40-24-36(59)27-58(40)46(63)43(49(3,4)5)56-41(60)28-64-22-10-11-23-65-37-19-16-34(17-20-37)44(61)57-47-50(6,7)48(51(47,8)9)66-38-21-18-35(26-53)39(52)25-38/h12-21,25,29-30,36,40,43,47-48,59H,22-24,27-28H2,1-9H3,(H,55,62)(H,56,60)(H,57,61)/t30-,36+,40-,43+,47?,48?/m0/s1. The van der Waals surface area contributed by atoms with Crippen LogP contribution in [0.15, 0.2) is 72.2 Å². The van der Waals surface area contributed by atoms with Crippen molar-refractivity contribution in [3.63, 3.8) is 0 Å². The minimum Gasteiger partial charge on any atom is -0.489 e. The molecule has 2 fully saturated rings. The SMILES string of the molecule is Cc1ncsc1-c1ccc([C@H](C)NC(=O)[C@@H]2C[C@@H](O)CN2C(=O)[C@@H](NC(=O)COCC#CCOc2ccc(C(=O)NC3C(C)(C)C(Oc4ccc(C#N)c(Cl)c4)C3(C)C)cc2)C(C)(C)C)cc1. The third kappa shape index (κ3) is 11.8. The number of carbonyl (C=O) groups is 4. The number of hydrogen-bond acceptors (Lipinski definition) is 11. The Labute approximate surface area is 401 Å². The van der Waals surface area contributed by atoms with Crippen molar-refractivity contribution in [2.45, 2.75) is 105 Å². The molecule has 354 valence electrons. The maximum atomic E-state index is 14.0. The number of aromatic nitrogens is 1. The van der Waals surface area contributed by atoms with Gasteiger partial charge in [0.25, 0.3) is 5.91 Å².